The van der Waals surface area contributed by atoms with Crippen LogP contribution in [-0.4, -0.2) is 19.1 Å². The molecule has 0 unspecified atom stereocenters. The summed E-state index contributed by atoms with van der Waals surface area (Å²) in [6.45, 7) is 2.53. The van der Waals surface area contributed by atoms with E-state index < -0.39 is 0 Å². The van der Waals surface area contributed by atoms with Gasteiger partial charge in [0.05, 0.1) is 0 Å². The first kappa shape index (κ1) is 15.0. The SMILES string of the molecule is Cc1ccc(CCNC(=O)COc2ccc(F)cc2)cc1. The minimum atomic E-state index is -0.329. The topological polar surface area (TPSA) is 38.3 Å². The molecule has 0 atom stereocenters. The minimum absolute atomic E-state index is 0.0699. The summed E-state index contributed by atoms with van der Waals surface area (Å²) >= 11 is 0. The van der Waals surface area contributed by atoms with Gasteiger partial charge in [-0.25, -0.2) is 4.39 Å². The summed E-state index contributed by atoms with van der Waals surface area (Å²) in [5, 5.41) is 2.79. The predicted molar refractivity (Wildman–Crippen MR) is 79.8 cm³/mol. The Kier molecular flexibility index (Phi) is 5.32. The van der Waals surface area contributed by atoms with Crippen molar-refractivity contribution in [2.45, 2.75) is 13.3 Å². The smallest absolute Gasteiger partial charge is 0.257 e. The fourth-order valence-corrected chi connectivity index (χ4v) is 1.83. The lowest BCUT2D eigenvalue weighted by Gasteiger charge is -2.07. The number of ether oxygens (including phenoxy) is 1. The summed E-state index contributed by atoms with van der Waals surface area (Å²) in [6.07, 6.45) is 0.780. The molecule has 1 amide bonds. The number of halogens is 1. The monoisotopic (exact) mass is 287 g/mol. The first-order valence-corrected chi connectivity index (χ1v) is 6.84. The highest BCUT2D eigenvalue weighted by Gasteiger charge is 2.02. The number of carbonyl (C=O) groups excluding carboxylic acids is 1. The van der Waals surface area contributed by atoms with Gasteiger partial charge >= 0.3 is 0 Å². The van der Waals surface area contributed by atoms with Gasteiger partial charge in [-0.3, -0.25) is 4.79 Å². The largest absolute Gasteiger partial charge is 0.484 e. The molecule has 0 heterocycles. The molecule has 0 aliphatic carbocycles. The van der Waals surface area contributed by atoms with Gasteiger partial charge < -0.3 is 10.1 Å². The molecular formula is C17H18FNO2. The van der Waals surface area contributed by atoms with Gasteiger partial charge in [0, 0.05) is 6.54 Å². The standard InChI is InChI=1S/C17H18FNO2/c1-13-2-4-14(5-3-13)10-11-19-17(20)12-21-16-8-6-15(18)7-9-16/h2-9H,10-12H2,1H3,(H,19,20). The van der Waals surface area contributed by atoms with Crippen LogP contribution in [0.3, 0.4) is 0 Å². The minimum Gasteiger partial charge on any atom is -0.484 e. The molecule has 0 bridgehead atoms. The molecule has 3 nitrogen and oxygen atoms in total. The Hall–Kier alpha value is -2.36. The summed E-state index contributed by atoms with van der Waals surface area (Å²) in [4.78, 5) is 11.6. The van der Waals surface area contributed by atoms with E-state index >= 15 is 0 Å². The van der Waals surface area contributed by atoms with Crippen LogP contribution in [0.5, 0.6) is 5.75 Å². The second-order valence-corrected chi connectivity index (χ2v) is 4.83. The summed E-state index contributed by atoms with van der Waals surface area (Å²) < 4.78 is 18.0. The quantitative estimate of drug-likeness (QED) is 0.887. The molecule has 0 aliphatic rings. The van der Waals surface area contributed by atoms with Gasteiger partial charge in [0.15, 0.2) is 6.61 Å². The lowest BCUT2D eigenvalue weighted by atomic mass is 10.1. The highest BCUT2D eigenvalue weighted by Crippen LogP contribution is 2.10. The zero-order chi connectivity index (χ0) is 15.1. The van der Waals surface area contributed by atoms with Crippen molar-refractivity contribution in [3.63, 3.8) is 0 Å². The number of nitrogens with one attached hydrogen (secondary N) is 1. The van der Waals surface area contributed by atoms with Crippen LogP contribution in [0.4, 0.5) is 4.39 Å². The molecule has 2 aromatic carbocycles. The Bertz CT molecular complexity index is 579. The maximum atomic E-state index is 12.7. The van der Waals surface area contributed by atoms with Crippen molar-refractivity contribution in [1.29, 1.82) is 0 Å². The number of hydrogen-bond donors (Lipinski definition) is 1. The number of carbonyl (C=O) groups is 1. The van der Waals surface area contributed by atoms with Gasteiger partial charge in [-0.1, -0.05) is 29.8 Å². The summed E-state index contributed by atoms with van der Waals surface area (Å²) in [6, 6.07) is 13.8. The van der Waals surface area contributed by atoms with E-state index in [0.717, 1.165) is 6.42 Å². The van der Waals surface area contributed by atoms with E-state index in [-0.39, 0.29) is 18.3 Å². The van der Waals surface area contributed by atoms with E-state index in [2.05, 4.69) is 29.6 Å². The summed E-state index contributed by atoms with van der Waals surface area (Å²) in [7, 11) is 0. The molecule has 1 N–H and O–H groups in total. The van der Waals surface area contributed by atoms with Gasteiger partial charge in [0.25, 0.3) is 5.91 Å². The fraction of sp³-hybridized carbons (Fsp3) is 0.235. The molecule has 0 saturated carbocycles. The molecule has 0 aromatic heterocycles. The highest BCUT2D eigenvalue weighted by molar-refractivity contribution is 5.77. The van der Waals surface area contributed by atoms with Crippen molar-refractivity contribution < 1.29 is 13.9 Å². The predicted octanol–water partition coefficient (Wildman–Crippen LogP) is 2.87. The van der Waals surface area contributed by atoms with Crippen molar-refractivity contribution in [2.75, 3.05) is 13.2 Å². The van der Waals surface area contributed by atoms with Crippen molar-refractivity contribution in [3.8, 4) is 5.75 Å². The van der Waals surface area contributed by atoms with E-state index in [0.29, 0.717) is 12.3 Å². The van der Waals surface area contributed by atoms with Gasteiger partial charge in [0.2, 0.25) is 0 Å². The Labute approximate surface area is 123 Å². The molecule has 0 fully saturated rings. The van der Waals surface area contributed by atoms with Gasteiger partial charge in [0.1, 0.15) is 11.6 Å². The zero-order valence-electron chi connectivity index (χ0n) is 11.9. The third-order valence-electron chi connectivity index (χ3n) is 3.04. The van der Waals surface area contributed by atoms with Crippen molar-refractivity contribution in [2.24, 2.45) is 0 Å². The molecule has 110 valence electrons. The number of hydrogen-bond acceptors (Lipinski definition) is 2. The third-order valence-corrected chi connectivity index (χ3v) is 3.04. The molecule has 2 rings (SSSR count). The van der Waals surface area contributed by atoms with Crippen LogP contribution in [0, 0.1) is 12.7 Å². The Balaban J connectivity index is 1.67. The average molecular weight is 287 g/mol. The second-order valence-electron chi connectivity index (χ2n) is 4.83. The van der Waals surface area contributed by atoms with E-state index in [1.54, 1.807) is 0 Å². The van der Waals surface area contributed by atoms with Crippen LogP contribution in [0.15, 0.2) is 48.5 Å². The van der Waals surface area contributed by atoms with Crippen LogP contribution in [0.25, 0.3) is 0 Å². The van der Waals surface area contributed by atoms with Crippen molar-refractivity contribution in [1.82, 2.24) is 5.32 Å². The lowest BCUT2D eigenvalue weighted by molar-refractivity contribution is -0.123. The van der Waals surface area contributed by atoms with E-state index in [9.17, 15) is 9.18 Å². The average Bonchev–Trinajstić information content (AvgIpc) is 2.49. The number of rotatable bonds is 6. The Morgan fingerprint density at radius 2 is 1.76 bits per heavy atom. The summed E-state index contributed by atoms with van der Waals surface area (Å²) in [5.41, 5.74) is 2.40. The fourth-order valence-electron chi connectivity index (χ4n) is 1.83. The molecule has 4 heteroatoms. The molecular weight excluding hydrogens is 269 g/mol. The molecule has 0 radical (unpaired) electrons. The van der Waals surface area contributed by atoms with Crippen LogP contribution in [-0.2, 0) is 11.2 Å². The van der Waals surface area contributed by atoms with Crippen molar-refractivity contribution in [3.05, 3.63) is 65.5 Å². The van der Waals surface area contributed by atoms with Gasteiger partial charge in [-0.2, -0.15) is 0 Å². The number of benzene rings is 2. The van der Waals surface area contributed by atoms with Crippen molar-refractivity contribution >= 4 is 5.91 Å². The summed E-state index contributed by atoms with van der Waals surface area (Å²) in [5.74, 6) is -0.0404. The number of amides is 1. The molecule has 0 spiro atoms. The molecule has 2 aromatic rings. The third kappa shape index (κ3) is 5.26. The normalized spacial score (nSPS) is 10.2. The zero-order valence-corrected chi connectivity index (χ0v) is 11.9. The lowest BCUT2D eigenvalue weighted by Crippen LogP contribution is -2.30. The maximum Gasteiger partial charge on any atom is 0.257 e. The van der Waals surface area contributed by atoms with E-state index in [4.69, 9.17) is 4.74 Å². The number of aryl methyl sites for hydroxylation is 1. The van der Waals surface area contributed by atoms with E-state index in [1.807, 2.05) is 6.92 Å². The molecule has 0 aliphatic heterocycles. The van der Waals surface area contributed by atoms with Gasteiger partial charge in [-0.15, -0.1) is 0 Å². The molecule has 21 heavy (non-hydrogen) atoms. The second kappa shape index (κ2) is 7.43. The van der Waals surface area contributed by atoms with E-state index in [1.165, 1.54) is 35.4 Å². The maximum absolute atomic E-state index is 12.7. The van der Waals surface area contributed by atoms with Crippen LogP contribution >= 0.6 is 0 Å². The first-order chi connectivity index (χ1) is 10.1. The van der Waals surface area contributed by atoms with Gasteiger partial charge in [-0.05, 0) is 43.2 Å². The van der Waals surface area contributed by atoms with Crippen LogP contribution in [0.2, 0.25) is 0 Å². The van der Waals surface area contributed by atoms with Crippen LogP contribution < -0.4 is 10.1 Å². The van der Waals surface area contributed by atoms with Crippen LogP contribution in [0.1, 0.15) is 11.1 Å². The first-order valence-electron chi connectivity index (χ1n) is 6.84. The Morgan fingerprint density at radius 1 is 1.10 bits per heavy atom. The Morgan fingerprint density at radius 3 is 2.43 bits per heavy atom. The highest BCUT2D eigenvalue weighted by atomic mass is 19.1. The molecule has 0 saturated heterocycles.